The summed E-state index contributed by atoms with van der Waals surface area (Å²) in [5.41, 5.74) is 15.5. The van der Waals surface area contributed by atoms with E-state index in [0.29, 0.717) is 0 Å². The highest BCUT2D eigenvalue weighted by Gasteiger charge is 2.18. The minimum Gasteiger partial charge on any atom is -0.387 e. The number of aromatic nitrogens is 2. The molecule has 0 atom stereocenters. The Balaban J connectivity index is 1.07. The third-order valence-corrected chi connectivity index (χ3v) is 11.2. The molecule has 7 aromatic rings. The lowest BCUT2D eigenvalue weighted by atomic mass is 9.85. The van der Waals surface area contributed by atoms with Crippen molar-refractivity contribution in [2.24, 2.45) is 0 Å². The van der Waals surface area contributed by atoms with Crippen LogP contribution in [0.25, 0.3) is 78.1 Å². The molecule has 54 heavy (non-hydrogen) atoms. The third-order valence-electron chi connectivity index (χ3n) is 11.2. The molecule has 1 aromatic heterocycles. The van der Waals surface area contributed by atoms with Gasteiger partial charge in [0.1, 0.15) is 0 Å². The van der Waals surface area contributed by atoms with Gasteiger partial charge in [-0.25, -0.2) is 9.97 Å². The summed E-state index contributed by atoms with van der Waals surface area (Å²) in [5.74, 6) is 0.739. The molecule has 258 valence electrons. The van der Waals surface area contributed by atoms with E-state index in [0.717, 1.165) is 66.1 Å². The van der Waals surface area contributed by atoms with E-state index in [2.05, 4.69) is 169 Å². The van der Waals surface area contributed by atoms with Crippen molar-refractivity contribution in [3.63, 3.8) is 0 Å². The molecule has 0 spiro atoms. The van der Waals surface area contributed by atoms with Crippen LogP contribution in [0.2, 0.25) is 0 Å². The number of benzene rings is 6. The van der Waals surface area contributed by atoms with Gasteiger partial charge in [-0.1, -0.05) is 140 Å². The average molecular weight is 694 g/mol. The number of hydrogen-bond acceptors (Lipinski definition) is 3. The van der Waals surface area contributed by atoms with Crippen LogP contribution in [0.5, 0.6) is 0 Å². The Kier molecular flexibility index (Phi) is 8.18. The minimum atomic E-state index is 0.739. The maximum atomic E-state index is 5.28. The first-order valence-electron chi connectivity index (χ1n) is 19.0. The Morgan fingerprint density at radius 1 is 0.463 bits per heavy atom. The highest BCUT2D eigenvalue weighted by Crippen LogP contribution is 2.39. The number of dihydropyridines is 1. The number of nitrogens with one attached hydrogen (secondary N) is 1. The predicted molar refractivity (Wildman–Crippen MR) is 227 cm³/mol. The van der Waals surface area contributed by atoms with Crippen molar-refractivity contribution in [3.05, 3.63) is 192 Å². The number of fused-ring (bicyclic) bond motifs is 6. The van der Waals surface area contributed by atoms with Crippen molar-refractivity contribution < 1.29 is 0 Å². The molecule has 0 fully saturated rings. The van der Waals surface area contributed by atoms with Gasteiger partial charge in [-0.3, -0.25) is 0 Å². The van der Waals surface area contributed by atoms with E-state index < -0.39 is 0 Å². The Hall–Kier alpha value is -6.58. The molecule has 1 N–H and O–H groups in total. The maximum absolute atomic E-state index is 5.28. The molecule has 1 aliphatic heterocycles. The van der Waals surface area contributed by atoms with Crippen LogP contribution in [0.15, 0.2) is 164 Å². The van der Waals surface area contributed by atoms with Gasteiger partial charge in [0.25, 0.3) is 0 Å². The summed E-state index contributed by atoms with van der Waals surface area (Å²) < 4.78 is 0. The van der Waals surface area contributed by atoms with Gasteiger partial charge in [-0.05, 0) is 128 Å². The molecule has 3 aliphatic rings. The number of hydrogen-bond donors (Lipinski definition) is 1. The molecule has 3 nitrogen and oxygen atoms in total. The summed E-state index contributed by atoms with van der Waals surface area (Å²) >= 11 is 0. The van der Waals surface area contributed by atoms with E-state index >= 15 is 0 Å². The fourth-order valence-electron chi connectivity index (χ4n) is 8.34. The first-order valence-corrected chi connectivity index (χ1v) is 19.0. The number of aryl methyl sites for hydroxylation is 1. The zero-order chi connectivity index (χ0) is 35.8. The first-order chi connectivity index (χ1) is 26.7. The molecule has 0 saturated carbocycles. The van der Waals surface area contributed by atoms with Gasteiger partial charge in [0.05, 0.1) is 11.4 Å². The second kappa shape index (κ2) is 13.8. The van der Waals surface area contributed by atoms with Crippen LogP contribution >= 0.6 is 0 Å². The number of allylic oxidation sites excluding steroid dienone is 7. The van der Waals surface area contributed by atoms with Gasteiger partial charge in [0.15, 0.2) is 5.82 Å². The summed E-state index contributed by atoms with van der Waals surface area (Å²) in [7, 11) is 0. The van der Waals surface area contributed by atoms with Crippen LogP contribution in [0.3, 0.4) is 0 Å². The fraction of sp³-hybridized carbons (Fsp3) is 0.0980. The quantitative estimate of drug-likeness (QED) is 0.176. The highest BCUT2D eigenvalue weighted by molar-refractivity contribution is 6.14. The summed E-state index contributed by atoms with van der Waals surface area (Å²) in [6.07, 6.45) is 19.5. The van der Waals surface area contributed by atoms with Gasteiger partial charge in [0, 0.05) is 17.7 Å². The highest BCUT2D eigenvalue weighted by atomic mass is 14.9. The van der Waals surface area contributed by atoms with Gasteiger partial charge in [0.2, 0.25) is 0 Å². The molecule has 0 saturated heterocycles. The Morgan fingerprint density at radius 3 is 1.98 bits per heavy atom. The Bertz CT molecular complexity index is 2740. The smallest absolute Gasteiger partial charge is 0.160 e. The van der Waals surface area contributed by atoms with Crippen LogP contribution in [0.1, 0.15) is 47.2 Å². The lowest BCUT2D eigenvalue weighted by Crippen LogP contribution is -2.11. The van der Waals surface area contributed by atoms with Crippen molar-refractivity contribution >= 4 is 44.3 Å². The third kappa shape index (κ3) is 5.98. The molecule has 0 amide bonds. The van der Waals surface area contributed by atoms with Crippen LogP contribution < -0.4 is 5.32 Å². The molecule has 0 radical (unpaired) electrons. The maximum Gasteiger partial charge on any atom is 0.160 e. The van der Waals surface area contributed by atoms with E-state index in [-0.39, 0.29) is 0 Å². The lowest BCUT2D eigenvalue weighted by Gasteiger charge is -2.19. The zero-order valence-electron chi connectivity index (χ0n) is 30.1. The van der Waals surface area contributed by atoms with E-state index in [1.165, 1.54) is 66.1 Å². The van der Waals surface area contributed by atoms with Gasteiger partial charge in [-0.15, -0.1) is 0 Å². The van der Waals surface area contributed by atoms with Crippen molar-refractivity contribution in [2.75, 3.05) is 6.54 Å². The van der Waals surface area contributed by atoms with E-state index in [1.54, 1.807) is 0 Å². The zero-order valence-corrected chi connectivity index (χ0v) is 30.1. The molecular weight excluding hydrogens is 655 g/mol. The predicted octanol–water partition coefficient (Wildman–Crippen LogP) is 12.5. The summed E-state index contributed by atoms with van der Waals surface area (Å²) in [5, 5.41) is 8.65. The second-order valence-electron chi connectivity index (χ2n) is 14.4. The fourth-order valence-corrected chi connectivity index (χ4v) is 8.34. The molecule has 2 aliphatic carbocycles. The Labute approximate surface area is 316 Å². The van der Waals surface area contributed by atoms with Crippen LogP contribution in [-0.4, -0.2) is 16.5 Å². The second-order valence-corrected chi connectivity index (χ2v) is 14.4. The van der Waals surface area contributed by atoms with Crippen LogP contribution in [0, 0.1) is 0 Å². The van der Waals surface area contributed by atoms with Gasteiger partial charge in [-0.2, -0.15) is 0 Å². The van der Waals surface area contributed by atoms with Gasteiger partial charge < -0.3 is 5.32 Å². The molecular formula is C51H39N3. The lowest BCUT2D eigenvalue weighted by molar-refractivity contribution is 0.986. The number of rotatable bonds is 6. The van der Waals surface area contributed by atoms with Crippen molar-refractivity contribution in [3.8, 4) is 33.8 Å². The van der Waals surface area contributed by atoms with Crippen molar-refractivity contribution in [1.29, 1.82) is 0 Å². The van der Waals surface area contributed by atoms with Crippen LogP contribution in [0.4, 0.5) is 0 Å². The molecule has 10 rings (SSSR count). The van der Waals surface area contributed by atoms with Crippen molar-refractivity contribution in [1.82, 2.24) is 15.3 Å². The minimum absolute atomic E-state index is 0.739. The SMILES string of the molecule is C1=CNCC(c2ccc(-c3cc(C4=CC=C(c5ccccc5)CC4)nc(-c4cccc(-c5ccc6c(c5)c5c(c7ccccc76)CCC=C5)c4)n3)cc2)=C1. The summed E-state index contributed by atoms with van der Waals surface area (Å²) in [6.45, 7) is 0.827. The molecule has 2 heterocycles. The summed E-state index contributed by atoms with van der Waals surface area (Å²) in [4.78, 5) is 10.5. The Morgan fingerprint density at radius 2 is 1.15 bits per heavy atom. The van der Waals surface area contributed by atoms with E-state index in [1.807, 2.05) is 6.20 Å². The molecule has 0 bridgehead atoms. The molecule has 3 heteroatoms. The standard InChI is InChI=1S/C51H39N3/c1-2-10-34(11-3-1)35-19-23-37(24-20-35)49-32-50(38-25-21-36(22-26-38)42-14-9-29-52-33-42)54-51(53-49)41-13-8-12-39(30-41)40-27-28-47-45-17-5-4-15-43(45)44-16-6-7-18-46(44)48(47)31-40/h1-5,7-15,17-19,21-23,25-32,52H,6,16,20,24,33H2. The summed E-state index contributed by atoms with van der Waals surface area (Å²) in [6, 6.07) is 46.3. The van der Waals surface area contributed by atoms with Crippen molar-refractivity contribution in [2.45, 2.75) is 25.7 Å². The van der Waals surface area contributed by atoms with E-state index in [4.69, 9.17) is 9.97 Å². The largest absolute Gasteiger partial charge is 0.387 e. The normalized spacial score (nSPS) is 15.0. The molecule has 6 aromatic carbocycles. The average Bonchev–Trinajstić information content (AvgIpc) is 3.27. The molecule has 0 unspecified atom stereocenters. The van der Waals surface area contributed by atoms with Crippen LogP contribution in [-0.2, 0) is 6.42 Å². The van der Waals surface area contributed by atoms with E-state index in [9.17, 15) is 0 Å². The first kappa shape index (κ1) is 32.1. The topological polar surface area (TPSA) is 37.8 Å². The monoisotopic (exact) mass is 693 g/mol. The van der Waals surface area contributed by atoms with Gasteiger partial charge >= 0.3 is 0 Å². The number of nitrogens with zero attached hydrogens (tertiary/aromatic N) is 2.